The lowest BCUT2D eigenvalue weighted by Gasteiger charge is -2.34. The van der Waals surface area contributed by atoms with Crippen molar-refractivity contribution in [2.24, 2.45) is 5.92 Å². The maximum absolute atomic E-state index is 13.2. The first kappa shape index (κ1) is 20.6. The van der Waals surface area contributed by atoms with E-state index in [1.54, 1.807) is 17.0 Å². The molecule has 0 radical (unpaired) electrons. The summed E-state index contributed by atoms with van der Waals surface area (Å²) in [6.07, 6.45) is -0.922. The second kappa shape index (κ2) is 7.52. The molecule has 30 heavy (non-hydrogen) atoms. The molecule has 1 aromatic carbocycles. The van der Waals surface area contributed by atoms with Crippen molar-refractivity contribution >= 4 is 5.91 Å². The molecule has 1 aromatic heterocycles. The number of rotatable bonds is 4. The summed E-state index contributed by atoms with van der Waals surface area (Å²) in [5.74, 6) is -0.219. The van der Waals surface area contributed by atoms with Crippen LogP contribution in [-0.4, -0.2) is 33.4 Å². The molecular weight excluding hydrogens is 402 g/mol. The van der Waals surface area contributed by atoms with Crippen LogP contribution in [0.15, 0.2) is 41.5 Å². The van der Waals surface area contributed by atoms with Crippen LogP contribution >= 0.6 is 0 Å². The number of piperidine rings is 1. The number of likely N-dealkylation sites (tertiary alicyclic amines) is 1. The lowest BCUT2D eigenvalue weighted by Crippen LogP contribution is -2.44. The van der Waals surface area contributed by atoms with Crippen LogP contribution < -0.4 is 5.56 Å². The first-order valence-electron chi connectivity index (χ1n) is 9.88. The van der Waals surface area contributed by atoms with Gasteiger partial charge in [-0.25, -0.2) is 9.37 Å². The highest BCUT2D eigenvalue weighted by atomic mass is 19.4. The van der Waals surface area contributed by atoms with Gasteiger partial charge in [0.2, 0.25) is 5.91 Å². The summed E-state index contributed by atoms with van der Waals surface area (Å²) in [4.78, 5) is 30.2. The summed E-state index contributed by atoms with van der Waals surface area (Å²) in [5.41, 5.74) is -1.66. The molecule has 0 atom stereocenters. The third kappa shape index (κ3) is 3.97. The van der Waals surface area contributed by atoms with Gasteiger partial charge in [0, 0.05) is 25.7 Å². The number of benzene rings is 1. The minimum absolute atomic E-state index is 0.0425. The SMILES string of the molecule is O=C(N1CCC(Cn2cnc(C(F)(F)F)cc2=O)CC1)C1(c2ccc(F)cc2)CC1. The zero-order valence-electron chi connectivity index (χ0n) is 16.2. The third-order valence-electron chi connectivity index (χ3n) is 6.08. The summed E-state index contributed by atoms with van der Waals surface area (Å²) in [6.45, 7) is 1.32. The maximum atomic E-state index is 13.2. The molecule has 9 heteroatoms. The van der Waals surface area contributed by atoms with Crippen LogP contribution in [0.2, 0.25) is 0 Å². The Bertz CT molecular complexity index is 989. The third-order valence-corrected chi connectivity index (χ3v) is 6.08. The van der Waals surface area contributed by atoms with E-state index in [2.05, 4.69) is 4.98 Å². The van der Waals surface area contributed by atoms with Gasteiger partial charge in [-0.15, -0.1) is 0 Å². The molecular formula is C21H21F4N3O2. The van der Waals surface area contributed by atoms with Gasteiger partial charge >= 0.3 is 6.18 Å². The molecule has 5 nitrogen and oxygen atoms in total. The maximum Gasteiger partial charge on any atom is 0.433 e. The van der Waals surface area contributed by atoms with Gasteiger partial charge in [-0.1, -0.05) is 12.1 Å². The van der Waals surface area contributed by atoms with Gasteiger partial charge in [-0.3, -0.25) is 14.2 Å². The summed E-state index contributed by atoms with van der Waals surface area (Å²) >= 11 is 0. The monoisotopic (exact) mass is 423 g/mol. The Morgan fingerprint density at radius 1 is 1.13 bits per heavy atom. The Labute approximate surface area is 170 Å². The van der Waals surface area contributed by atoms with E-state index in [1.807, 2.05) is 0 Å². The molecule has 0 bridgehead atoms. The Balaban J connectivity index is 1.37. The van der Waals surface area contributed by atoms with E-state index in [9.17, 15) is 27.2 Å². The molecule has 1 aliphatic carbocycles. The number of halogens is 4. The second-order valence-corrected chi connectivity index (χ2v) is 8.09. The van der Waals surface area contributed by atoms with Crippen LogP contribution in [0, 0.1) is 11.7 Å². The van der Waals surface area contributed by atoms with Gasteiger partial charge in [0.1, 0.15) is 5.82 Å². The highest BCUT2D eigenvalue weighted by molar-refractivity contribution is 5.91. The average Bonchev–Trinajstić information content (AvgIpc) is 3.51. The van der Waals surface area contributed by atoms with E-state index in [0.29, 0.717) is 32.0 Å². The molecule has 0 N–H and O–H groups in total. The quantitative estimate of drug-likeness (QED) is 0.709. The van der Waals surface area contributed by atoms with Crippen LogP contribution in [0.5, 0.6) is 0 Å². The molecule has 4 rings (SSSR count). The van der Waals surface area contributed by atoms with Crippen LogP contribution in [-0.2, 0) is 22.9 Å². The predicted molar refractivity (Wildman–Crippen MR) is 100 cm³/mol. The first-order chi connectivity index (χ1) is 14.2. The van der Waals surface area contributed by atoms with Crippen molar-refractivity contribution in [3.63, 3.8) is 0 Å². The minimum Gasteiger partial charge on any atom is -0.342 e. The van der Waals surface area contributed by atoms with Gasteiger partial charge in [0.15, 0.2) is 5.69 Å². The zero-order valence-corrected chi connectivity index (χ0v) is 16.2. The van der Waals surface area contributed by atoms with Crippen LogP contribution in [0.1, 0.15) is 36.9 Å². The minimum atomic E-state index is -4.65. The molecule has 2 aliphatic rings. The number of carbonyl (C=O) groups is 1. The Kier molecular flexibility index (Phi) is 5.15. The molecule has 2 aromatic rings. The van der Waals surface area contributed by atoms with Crippen molar-refractivity contribution in [2.45, 2.75) is 43.8 Å². The summed E-state index contributed by atoms with van der Waals surface area (Å²) < 4.78 is 52.4. The average molecular weight is 423 g/mol. The topological polar surface area (TPSA) is 55.2 Å². The molecule has 2 fully saturated rings. The van der Waals surface area contributed by atoms with E-state index >= 15 is 0 Å². The number of hydrogen-bond donors (Lipinski definition) is 0. The van der Waals surface area contributed by atoms with Crippen molar-refractivity contribution in [3.8, 4) is 0 Å². The standard InChI is InChI=1S/C21H21F4N3O2/c22-16-3-1-15(2-4-16)20(7-8-20)19(30)27-9-5-14(6-10-27)12-28-13-26-17(11-18(28)29)21(23,24)25/h1-4,11,13-14H,5-10,12H2. The Morgan fingerprint density at radius 2 is 1.77 bits per heavy atom. The molecule has 1 amide bonds. The Morgan fingerprint density at radius 3 is 2.30 bits per heavy atom. The lowest BCUT2D eigenvalue weighted by atomic mass is 9.91. The fraction of sp³-hybridized carbons (Fsp3) is 0.476. The zero-order chi connectivity index (χ0) is 21.5. The van der Waals surface area contributed by atoms with Crippen molar-refractivity contribution in [1.29, 1.82) is 0 Å². The van der Waals surface area contributed by atoms with Gasteiger partial charge in [0.05, 0.1) is 11.7 Å². The Hall–Kier alpha value is -2.71. The number of carbonyl (C=O) groups excluding carboxylic acids is 1. The van der Waals surface area contributed by atoms with E-state index in [1.165, 1.54) is 16.7 Å². The highest BCUT2D eigenvalue weighted by Gasteiger charge is 2.53. The van der Waals surface area contributed by atoms with Crippen molar-refractivity contribution < 1.29 is 22.4 Å². The first-order valence-corrected chi connectivity index (χ1v) is 9.88. The number of aromatic nitrogens is 2. The summed E-state index contributed by atoms with van der Waals surface area (Å²) in [7, 11) is 0. The van der Waals surface area contributed by atoms with Crippen molar-refractivity contribution in [3.05, 3.63) is 64.1 Å². The van der Waals surface area contributed by atoms with Gasteiger partial charge in [-0.05, 0) is 49.3 Å². The van der Waals surface area contributed by atoms with E-state index in [-0.39, 0.29) is 24.2 Å². The van der Waals surface area contributed by atoms with E-state index in [0.717, 1.165) is 24.7 Å². The fourth-order valence-electron chi connectivity index (χ4n) is 4.14. The lowest BCUT2D eigenvalue weighted by molar-refractivity contribution is -0.141. The molecule has 160 valence electrons. The molecule has 0 spiro atoms. The van der Waals surface area contributed by atoms with Gasteiger partial charge in [0.25, 0.3) is 5.56 Å². The largest absolute Gasteiger partial charge is 0.433 e. The van der Waals surface area contributed by atoms with Crippen LogP contribution in [0.25, 0.3) is 0 Å². The van der Waals surface area contributed by atoms with Crippen LogP contribution in [0.3, 0.4) is 0 Å². The number of hydrogen-bond acceptors (Lipinski definition) is 3. The number of alkyl halides is 3. The number of amides is 1. The molecule has 1 aliphatic heterocycles. The van der Waals surface area contributed by atoms with Crippen molar-refractivity contribution in [1.82, 2.24) is 14.5 Å². The van der Waals surface area contributed by atoms with E-state index < -0.39 is 22.8 Å². The second-order valence-electron chi connectivity index (χ2n) is 8.09. The fourth-order valence-corrected chi connectivity index (χ4v) is 4.14. The van der Waals surface area contributed by atoms with E-state index in [4.69, 9.17) is 0 Å². The highest BCUT2D eigenvalue weighted by Crippen LogP contribution is 2.50. The predicted octanol–water partition coefficient (Wildman–Crippen LogP) is 3.37. The summed E-state index contributed by atoms with van der Waals surface area (Å²) in [5, 5.41) is 0. The van der Waals surface area contributed by atoms with Crippen LogP contribution in [0.4, 0.5) is 17.6 Å². The smallest absolute Gasteiger partial charge is 0.342 e. The van der Waals surface area contributed by atoms with Gasteiger partial charge < -0.3 is 4.90 Å². The summed E-state index contributed by atoms with van der Waals surface area (Å²) in [6, 6.07) is 6.57. The number of nitrogens with zero attached hydrogens (tertiary/aromatic N) is 3. The molecule has 1 saturated carbocycles. The molecule has 0 unspecified atom stereocenters. The van der Waals surface area contributed by atoms with Crippen molar-refractivity contribution in [2.75, 3.05) is 13.1 Å². The van der Waals surface area contributed by atoms with Gasteiger partial charge in [-0.2, -0.15) is 13.2 Å². The normalized spacial score (nSPS) is 19.0. The molecule has 1 saturated heterocycles. The molecule has 2 heterocycles.